The molecule has 6 nitrogen and oxygen atoms in total. The Morgan fingerprint density at radius 2 is 1.70 bits per heavy atom. The van der Waals surface area contributed by atoms with Gasteiger partial charge in [0.05, 0.1) is 18.7 Å². The van der Waals surface area contributed by atoms with Crippen LogP contribution in [0, 0.1) is 5.82 Å². The number of benzene rings is 2. The van der Waals surface area contributed by atoms with Gasteiger partial charge in [0.25, 0.3) is 0 Å². The van der Waals surface area contributed by atoms with E-state index in [1.54, 1.807) is 24.3 Å². The maximum Gasteiger partial charge on any atom is 0.338 e. The van der Waals surface area contributed by atoms with Gasteiger partial charge in [0.1, 0.15) is 0 Å². The first-order valence-electron chi connectivity index (χ1n) is 8.22. The number of rotatable bonds is 7. The second kappa shape index (κ2) is 8.93. The number of carbonyl (C=O) groups is 3. The van der Waals surface area contributed by atoms with E-state index in [1.807, 2.05) is 6.92 Å². The van der Waals surface area contributed by atoms with E-state index in [-0.39, 0.29) is 23.3 Å². The quantitative estimate of drug-likeness (QED) is 0.596. The number of carbonyl (C=O) groups excluding carboxylic acids is 3. The van der Waals surface area contributed by atoms with E-state index in [0.29, 0.717) is 5.56 Å². The Balaban J connectivity index is 1.96. The van der Waals surface area contributed by atoms with E-state index in [1.165, 1.54) is 26.2 Å². The van der Waals surface area contributed by atoms with Crippen molar-refractivity contribution in [1.29, 1.82) is 0 Å². The number of methoxy groups -OCH3 is 1. The molecule has 0 spiro atoms. The van der Waals surface area contributed by atoms with E-state index in [2.05, 4.69) is 5.32 Å². The van der Waals surface area contributed by atoms with Gasteiger partial charge in [0.15, 0.2) is 24.0 Å². The molecule has 0 saturated carbocycles. The molecule has 142 valence electrons. The summed E-state index contributed by atoms with van der Waals surface area (Å²) in [5.41, 5.74) is 1.19. The van der Waals surface area contributed by atoms with E-state index in [9.17, 15) is 18.8 Å². The van der Waals surface area contributed by atoms with Gasteiger partial charge in [-0.2, -0.15) is 0 Å². The lowest BCUT2D eigenvalue weighted by Gasteiger charge is -2.13. The van der Waals surface area contributed by atoms with Crippen LogP contribution in [0.3, 0.4) is 0 Å². The van der Waals surface area contributed by atoms with Crippen molar-refractivity contribution in [1.82, 2.24) is 5.32 Å². The molecule has 7 heteroatoms. The number of halogens is 1. The van der Waals surface area contributed by atoms with Crippen LogP contribution >= 0.6 is 0 Å². The van der Waals surface area contributed by atoms with Gasteiger partial charge < -0.3 is 14.8 Å². The number of hydrogen-bond donors (Lipinski definition) is 1. The van der Waals surface area contributed by atoms with Crippen molar-refractivity contribution >= 4 is 17.7 Å². The SMILES string of the molecule is COc1ccc(C(=O)OCC(=O)c2ccc([C@@H](C)NC(C)=O)cc2)cc1F. The maximum absolute atomic E-state index is 13.6. The van der Waals surface area contributed by atoms with Gasteiger partial charge >= 0.3 is 5.97 Å². The summed E-state index contributed by atoms with van der Waals surface area (Å²) in [6.07, 6.45) is 0. The van der Waals surface area contributed by atoms with Crippen LogP contribution < -0.4 is 10.1 Å². The van der Waals surface area contributed by atoms with Crippen LogP contribution in [0.5, 0.6) is 5.75 Å². The van der Waals surface area contributed by atoms with Crippen LogP contribution in [-0.4, -0.2) is 31.4 Å². The van der Waals surface area contributed by atoms with Gasteiger partial charge in [-0.3, -0.25) is 9.59 Å². The molecule has 0 fully saturated rings. The van der Waals surface area contributed by atoms with Crippen LogP contribution in [-0.2, 0) is 9.53 Å². The molecule has 0 aromatic heterocycles. The highest BCUT2D eigenvalue weighted by molar-refractivity contribution is 5.99. The topological polar surface area (TPSA) is 81.7 Å². The summed E-state index contributed by atoms with van der Waals surface area (Å²) in [6.45, 7) is 2.79. The van der Waals surface area contributed by atoms with Crippen LogP contribution in [0.15, 0.2) is 42.5 Å². The largest absolute Gasteiger partial charge is 0.494 e. The lowest BCUT2D eigenvalue weighted by atomic mass is 10.0. The van der Waals surface area contributed by atoms with Crippen LogP contribution in [0.2, 0.25) is 0 Å². The third-order valence-electron chi connectivity index (χ3n) is 3.87. The average molecular weight is 373 g/mol. The summed E-state index contributed by atoms with van der Waals surface area (Å²) in [5.74, 6) is -2.03. The average Bonchev–Trinajstić information content (AvgIpc) is 2.65. The highest BCUT2D eigenvalue weighted by Gasteiger charge is 2.15. The Morgan fingerprint density at radius 1 is 1.07 bits per heavy atom. The third kappa shape index (κ3) is 5.37. The lowest BCUT2D eigenvalue weighted by Crippen LogP contribution is -2.23. The Kier molecular flexibility index (Phi) is 6.65. The first kappa shape index (κ1) is 20.1. The summed E-state index contributed by atoms with van der Waals surface area (Å²) in [6, 6.07) is 10.1. The van der Waals surface area contributed by atoms with Crippen LogP contribution in [0.1, 0.15) is 46.2 Å². The lowest BCUT2D eigenvalue weighted by molar-refractivity contribution is -0.119. The number of esters is 1. The van der Waals surface area contributed by atoms with Crippen molar-refractivity contribution in [2.75, 3.05) is 13.7 Å². The van der Waals surface area contributed by atoms with Gasteiger partial charge in [-0.1, -0.05) is 24.3 Å². The molecule has 0 aliphatic heterocycles. The van der Waals surface area contributed by atoms with Crippen LogP contribution in [0.25, 0.3) is 0 Å². The number of Topliss-reactive ketones (excluding diaryl/α,β-unsaturated/α-hetero) is 1. The molecule has 1 amide bonds. The number of amides is 1. The van der Waals surface area contributed by atoms with E-state index in [4.69, 9.17) is 9.47 Å². The van der Waals surface area contributed by atoms with Gasteiger partial charge in [0, 0.05) is 12.5 Å². The van der Waals surface area contributed by atoms with Gasteiger partial charge in [-0.25, -0.2) is 9.18 Å². The minimum absolute atomic E-state index is 0.0104. The fraction of sp³-hybridized carbons (Fsp3) is 0.250. The molecule has 0 aliphatic rings. The summed E-state index contributed by atoms with van der Waals surface area (Å²) in [4.78, 5) is 35.2. The Hall–Kier alpha value is -3.22. The standard InChI is InChI=1S/C20H20FNO5/c1-12(22-13(2)23)14-4-6-15(7-5-14)18(24)11-27-20(25)16-8-9-19(26-3)17(21)10-16/h4-10,12H,11H2,1-3H3,(H,22,23)/t12-/m1/s1. The van der Waals surface area contributed by atoms with E-state index in [0.717, 1.165) is 11.6 Å². The van der Waals surface area contributed by atoms with Crippen molar-refractivity contribution in [2.45, 2.75) is 19.9 Å². The summed E-state index contributed by atoms with van der Waals surface area (Å²) >= 11 is 0. The zero-order valence-electron chi connectivity index (χ0n) is 15.2. The fourth-order valence-electron chi connectivity index (χ4n) is 2.44. The highest BCUT2D eigenvalue weighted by atomic mass is 19.1. The predicted molar refractivity (Wildman–Crippen MR) is 96.2 cm³/mol. The van der Waals surface area contributed by atoms with Crippen molar-refractivity contribution in [3.05, 3.63) is 65.0 Å². The second-order valence-corrected chi connectivity index (χ2v) is 5.89. The van der Waals surface area contributed by atoms with Crippen LogP contribution in [0.4, 0.5) is 4.39 Å². The molecule has 1 N–H and O–H groups in total. The van der Waals surface area contributed by atoms with Crippen molar-refractivity contribution in [3.63, 3.8) is 0 Å². The first-order chi connectivity index (χ1) is 12.8. The minimum Gasteiger partial charge on any atom is -0.494 e. The monoisotopic (exact) mass is 373 g/mol. The zero-order chi connectivity index (χ0) is 20.0. The molecule has 0 aliphatic carbocycles. The fourth-order valence-corrected chi connectivity index (χ4v) is 2.44. The molecule has 27 heavy (non-hydrogen) atoms. The van der Waals surface area contributed by atoms with Crippen molar-refractivity contribution < 1.29 is 28.2 Å². The molecule has 0 unspecified atom stereocenters. The van der Waals surface area contributed by atoms with E-state index < -0.39 is 24.2 Å². The molecule has 2 aromatic rings. The number of hydrogen-bond acceptors (Lipinski definition) is 5. The summed E-state index contributed by atoms with van der Waals surface area (Å²) in [5, 5.41) is 2.75. The van der Waals surface area contributed by atoms with Gasteiger partial charge in [-0.15, -0.1) is 0 Å². The zero-order valence-corrected chi connectivity index (χ0v) is 15.2. The number of nitrogens with one attached hydrogen (secondary N) is 1. The molecule has 0 saturated heterocycles. The normalized spacial score (nSPS) is 11.4. The van der Waals surface area contributed by atoms with Gasteiger partial charge in [0.2, 0.25) is 5.91 Å². The third-order valence-corrected chi connectivity index (χ3v) is 3.87. The van der Waals surface area contributed by atoms with Crippen molar-refractivity contribution in [3.8, 4) is 5.75 Å². The second-order valence-electron chi connectivity index (χ2n) is 5.89. The van der Waals surface area contributed by atoms with Crippen molar-refractivity contribution in [2.24, 2.45) is 0 Å². The van der Waals surface area contributed by atoms with E-state index >= 15 is 0 Å². The molecule has 0 radical (unpaired) electrons. The Labute approximate surface area is 156 Å². The predicted octanol–water partition coefficient (Wildman–Crippen LogP) is 3.07. The molecule has 0 heterocycles. The highest BCUT2D eigenvalue weighted by Crippen LogP contribution is 2.18. The maximum atomic E-state index is 13.6. The van der Waals surface area contributed by atoms with Gasteiger partial charge in [-0.05, 0) is 30.7 Å². The molecule has 2 rings (SSSR count). The Bertz CT molecular complexity index is 848. The minimum atomic E-state index is -0.805. The smallest absolute Gasteiger partial charge is 0.338 e. The Morgan fingerprint density at radius 3 is 2.26 bits per heavy atom. The summed E-state index contributed by atoms with van der Waals surface area (Å²) in [7, 11) is 1.32. The number of ether oxygens (including phenoxy) is 2. The summed E-state index contributed by atoms with van der Waals surface area (Å²) < 4.78 is 23.4. The molecule has 1 atom stereocenters. The number of ketones is 1. The molecular formula is C20H20FNO5. The first-order valence-corrected chi connectivity index (χ1v) is 8.22. The molecule has 2 aromatic carbocycles. The molecular weight excluding hydrogens is 353 g/mol. The molecule has 0 bridgehead atoms.